The van der Waals surface area contributed by atoms with Gasteiger partial charge in [0.25, 0.3) is 0 Å². The van der Waals surface area contributed by atoms with Crippen LogP contribution in [0.5, 0.6) is 0 Å². The van der Waals surface area contributed by atoms with Crippen molar-refractivity contribution in [2.45, 2.75) is 33.0 Å². The van der Waals surface area contributed by atoms with Crippen molar-refractivity contribution in [3.8, 4) is 0 Å². The fraction of sp³-hybridized carbons (Fsp3) is 0.500. The number of hydrogen-bond donors (Lipinski definition) is 2. The predicted octanol–water partition coefficient (Wildman–Crippen LogP) is 1.10. The van der Waals surface area contributed by atoms with Crippen LogP contribution in [0, 0.1) is 0 Å². The number of likely N-dealkylation sites (N-methyl/N-ethyl adjacent to an activating group) is 1. The lowest BCUT2D eigenvalue weighted by molar-refractivity contribution is -0.122. The maximum Gasteiger partial charge on any atom is 0.234 e. The predicted molar refractivity (Wildman–Crippen MR) is 73.9 cm³/mol. The van der Waals surface area contributed by atoms with Crippen molar-refractivity contribution in [2.75, 3.05) is 13.6 Å². The normalized spacial score (nSPS) is 11.0. The van der Waals surface area contributed by atoms with E-state index in [1.165, 1.54) is 5.56 Å². The average Bonchev–Trinajstić information content (AvgIpc) is 2.28. The van der Waals surface area contributed by atoms with Gasteiger partial charge in [-0.15, -0.1) is 0 Å². The first kappa shape index (κ1) is 14.7. The molecule has 0 aromatic heterocycles. The summed E-state index contributed by atoms with van der Waals surface area (Å²) in [5, 5.41) is 2.88. The van der Waals surface area contributed by atoms with Crippen LogP contribution in [0.15, 0.2) is 24.3 Å². The largest absolute Gasteiger partial charge is 0.353 e. The van der Waals surface area contributed by atoms with Gasteiger partial charge in [0.1, 0.15) is 0 Å². The van der Waals surface area contributed by atoms with Crippen molar-refractivity contribution in [1.82, 2.24) is 10.2 Å². The van der Waals surface area contributed by atoms with E-state index in [1.54, 1.807) is 0 Å². The zero-order valence-electron chi connectivity index (χ0n) is 11.4. The molecule has 3 N–H and O–H groups in total. The topological polar surface area (TPSA) is 58.4 Å². The smallest absolute Gasteiger partial charge is 0.234 e. The Labute approximate surface area is 109 Å². The third-order valence-corrected chi connectivity index (χ3v) is 2.64. The molecule has 0 aliphatic rings. The Hall–Kier alpha value is -1.39. The van der Waals surface area contributed by atoms with E-state index in [9.17, 15) is 4.79 Å². The van der Waals surface area contributed by atoms with Crippen LogP contribution in [-0.2, 0) is 17.9 Å². The number of carbonyl (C=O) groups excluding carboxylic acids is 1. The molecule has 0 saturated heterocycles. The molecule has 0 fully saturated rings. The number of benzene rings is 1. The van der Waals surface area contributed by atoms with Gasteiger partial charge in [-0.3, -0.25) is 9.69 Å². The maximum atomic E-state index is 11.6. The molecule has 0 aliphatic carbocycles. The van der Waals surface area contributed by atoms with Crippen LogP contribution in [0.25, 0.3) is 0 Å². The Morgan fingerprint density at radius 3 is 2.50 bits per heavy atom. The molecule has 0 bridgehead atoms. The summed E-state index contributed by atoms with van der Waals surface area (Å²) in [6.07, 6.45) is 0. The van der Waals surface area contributed by atoms with Crippen molar-refractivity contribution < 1.29 is 4.79 Å². The van der Waals surface area contributed by atoms with Crippen LogP contribution in [0.4, 0.5) is 0 Å². The van der Waals surface area contributed by atoms with Gasteiger partial charge in [0.15, 0.2) is 0 Å². The second-order valence-electron chi connectivity index (χ2n) is 4.87. The van der Waals surface area contributed by atoms with Crippen molar-refractivity contribution in [1.29, 1.82) is 0 Å². The van der Waals surface area contributed by atoms with Crippen molar-refractivity contribution in [3.63, 3.8) is 0 Å². The monoisotopic (exact) mass is 249 g/mol. The van der Waals surface area contributed by atoms with E-state index in [0.717, 1.165) is 12.1 Å². The van der Waals surface area contributed by atoms with Gasteiger partial charge in [-0.1, -0.05) is 24.3 Å². The van der Waals surface area contributed by atoms with Gasteiger partial charge < -0.3 is 11.1 Å². The molecule has 0 radical (unpaired) electrons. The summed E-state index contributed by atoms with van der Waals surface area (Å²) >= 11 is 0. The zero-order valence-corrected chi connectivity index (χ0v) is 11.4. The summed E-state index contributed by atoms with van der Waals surface area (Å²) in [6.45, 7) is 5.58. The summed E-state index contributed by atoms with van der Waals surface area (Å²) in [5.74, 6) is 0.0535. The lowest BCUT2D eigenvalue weighted by Gasteiger charge is -2.19. The molecule has 0 heterocycles. The maximum absolute atomic E-state index is 11.6. The highest BCUT2D eigenvalue weighted by Crippen LogP contribution is 2.10. The highest BCUT2D eigenvalue weighted by Gasteiger charge is 2.09. The molecule has 4 nitrogen and oxygen atoms in total. The number of nitrogens with one attached hydrogen (secondary N) is 1. The Morgan fingerprint density at radius 2 is 1.94 bits per heavy atom. The molecule has 1 aromatic rings. The summed E-state index contributed by atoms with van der Waals surface area (Å²) < 4.78 is 0. The van der Waals surface area contributed by atoms with E-state index in [1.807, 2.05) is 44.0 Å². The first-order valence-electron chi connectivity index (χ1n) is 6.27. The molecule has 1 rings (SSSR count). The number of amides is 1. The summed E-state index contributed by atoms with van der Waals surface area (Å²) in [5.41, 5.74) is 8.01. The van der Waals surface area contributed by atoms with E-state index in [0.29, 0.717) is 13.1 Å². The standard InChI is InChI=1S/C14H23N3O/c1-11(2)16-14(18)10-17(3)9-13-7-5-4-6-12(13)8-15/h4-7,11H,8-10,15H2,1-3H3,(H,16,18). The van der Waals surface area contributed by atoms with E-state index < -0.39 is 0 Å². The molecule has 0 saturated carbocycles. The van der Waals surface area contributed by atoms with Gasteiger partial charge in [-0.25, -0.2) is 0 Å². The number of rotatable bonds is 6. The molecule has 1 amide bonds. The molecule has 0 atom stereocenters. The number of nitrogens with two attached hydrogens (primary N) is 1. The minimum atomic E-state index is 0.0535. The molecule has 0 spiro atoms. The lowest BCUT2D eigenvalue weighted by atomic mass is 10.1. The fourth-order valence-corrected chi connectivity index (χ4v) is 1.87. The van der Waals surface area contributed by atoms with E-state index >= 15 is 0 Å². The minimum absolute atomic E-state index is 0.0535. The molecule has 0 aliphatic heterocycles. The van der Waals surface area contributed by atoms with E-state index in [4.69, 9.17) is 5.73 Å². The number of hydrogen-bond acceptors (Lipinski definition) is 3. The second-order valence-corrected chi connectivity index (χ2v) is 4.87. The van der Waals surface area contributed by atoms with Crippen molar-refractivity contribution in [2.24, 2.45) is 5.73 Å². The molecule has 4 heteroatoms. The molecule has 18 heavy (non-hydrogen) atoms. The van der Waals surface area contributed by atoms with Crippen LogP contribution in [-0.4, -0.2) is 30.4 Å². The SMILES string of the molecule is CC(C)NC(=O)CN(C)Cc1ccccc1CN. The Morgan fingerprint density at radius 1 is 1.33 bits per heavy atom. The quantitative estimate of drug-likeness (QED) is 0.794. The van der Waals surface area contributed by atoms with Gasteiger partial charge in [-0.2, -0.15) is 0 Å². The van der Waals surface area contributed by atoms with Crippen LogP contribution in [0.1, 0.15) is 25.0 Å². The van der Waals surface area contributed by atoms with Crippen LogP contribution >= 0.6 is 0 Å². The number of nitrogens with zero attached hydrogens (tertiary/aromatic N) is 1. The van der Waals surface area contributed by atoms with Crippen LogP contribution in [0.3, 0.4) is 0 Å². The molecule has 0 unspecified atom stereocenters. The number of carbonyl (C=O) groups is 1. The third kappa shape index (κ3) is 4.85. The summed E-state index contributed by atoms with van der Waals surface area (Å²) in [7, 11) is 1.94. The molecular formula is C14H23N3O. The highest BCUT2D eigenvalue weighted by molar-refractivity contribution is 5.78. The minimum Gasteiger partial charge on any atom is -0.353 e. The summed E-state index contributed by atoms with van der Waals surface area (Å²) in [4.78, 5) is 13.6. The molecule has 100 valence electrons. The Kier molecular flexibility index (Phi) is 5.82. The third-order valence-electron chi connectivity index (χ3n) is 2.64. The van der Waals surface area contributed by atoms with Crippen molar-refractivity contribution >= 4 is 5.91 Å². The van der Waals surface area contributed by atoms with Gasteiger partial charge in [0.05, 0.1) is 6.54 Å². The van der Waals surface area contributed by atoms with Gasteiger partial charge in [0, 0.05) is 19.1 Å². The van der Waals surface area contributed by atoms with Crippen molar-refractivity contribution in [3.05, 3.63) is 35.4 Å². The Balaban J connectivity index is 2.54. The van der Waals surface area contributed by atoms with Crippen LogP contribution in [0.2, 0.25) is 0 Å². The highest BCUT2D eigenvalue weighted by atomic mass is 16.2. The lowest BCUT2D eigenvalue weighted by Crippen LogP contribution is -2.38. The first-order chi connectivity index (χ1) is 8.52. The zero-order chi connectivity index (χ0) is 13.5. The second kappa shape index (κ2) is 7.13. The van der Waals surface area contributed by atoms with E-state index in [2.05, 4.69) is 11.4 Å². The summed E-state index contributed by atoms with van der Waals surface area (Å²) in [6, 6.07) is 8.24. The fourth-order valence-electron chi connectivity index (χ4n) is 1.87. The average molecular weight is 249 g/mol. The van der Waals surface area contributed by atoms with E-state index in [-0.39, 0.29) is 11.9 Å². The van der Waals surface area contributed by atoms with Gasteiger partial charge in [0.2, 0.25) is 5.91 Å². The Bertz CT molecular complexity index is 390. The van der Waals surface area contributed by atoms with Gasteiger partial charge >= 0.3 is 0 Å². The van der Waals surface area contributed by atoms with Crippen LogP contribution < -0.4 is 11.1 Å². The molecule has 1 aromatic carbocycles. The molecular weight excluding hydrogens is 226 g/mol. The first-order valence-corrected chi connectivity index (χ1v) is 6.27. The van der Waals surface area contributed by atoms with Gasteiger partial charge in [-0.05, 0) is 32.0 Å².